The summed E-state index contributed by atoms with van der Waals surface area (Å²) >= 11 is 0. The lowest BCUT2D eigenvalue weighted by Crippen LogP contribution is -2.15. The number of nitrogens with one attached hydrogen (secondary N) is 1. The maximum absolute atomic E-state index is 4.29. The molecule has 0 bridgehead atoms. The zero-order valence-corrected chi connectivity index (χ0v) is 11.9. The molecule has 0 aromatic carbocycles. The Balaban J connectivity index is 1.64. The van der Waals surface area contributed by atoms with Crippen LogP contribution in [-0.4, -0.2) is 36.3 Å². The molecule has 108 valence electrons. The minimum Gasteiger partial charge on any atom is -0.313 e. The second kappa shape index (κ2) is 6.13. The summed E-state index contributed by atoms with van der Waals surface area (Å²) in [5.74, 6) is 2.09. The monoisotopic (exact) mass is 275 g/mol. The van der Waals surface area contributed by atoms with Crippen molar-refractivity contribution in [1.29, 1.82) is 0 Å². The van der Waals surface area contributed by atoms with Crippen LogP contribution in [0.5, 0.6) is 0 Å². The number of hydrogen-bond donors (Lipinski definition) is 1. The zero-order valence-electron chi connectivity index (χ0n) is 11.9. The van der Waals surface area contributed by atoms with Gasteiger partial charge in [0.05, 0.1) is 11.9 Å². The van der Waals surface area contributed by atoms with Crippen molar-refractivity contribution in [3.63, 3.8) is 0 Å². The van der Waals surface area contributed by atoms with Crippen molar-refractivity contribution in [2.24, 2.45) is 0 Å². The van der Waals surface area contributed by atoms with E-state index in [-0.39, 0.29) is 0 Å². The van der Waals surface area contributed by atoms with Gasteiger partial charge in [0.2, 0.25) is 0 Å². The van der Waals surface area contributed by atoms with Crippen molar-refractivity contribution >= 4 is 0 Å². The molecule has 0 fully saturated rings. The highest BCUT2D eigenvalue weighted by Crippen LogP contribution is 2.14. The molecule has 0 amide bonds. The topological polar surface area (TPSA) is 73.5 Å². The van der Waals surface area contributed by atoms with E-state index in [1.54, 1.807) is 0 Å². The van der Waals surface area contributed by atoms with E-state index in [9.17, 15) is 0 Å². The molecule has 0 saturated carbocycles. The fourth-order valence-electron chi connectivity index (χ4n) is 2.52. The number of fused-ring (bicyclic) bond motifs is 1. The first-order valence-corrected chi connectivity index (χ1v) is 7.37. The fraction of sp³-hybridized carbons (Fsp3) is 0.692. The van der Waals surface area contributed by atoms with Gasteiger partial charge in [-0.2, -0.15) is 0 Å². The number of hydrogen-bond acceptors (Lipinski definition) is 5. The third kappa shape index (κ3) is 2.87. The molecule has 3 rings (SSSR count). The maximum Gasteiger partial charge on any atom is 0.154 e. The summed E-state index contributed by atoms with van der Waals surface area (Å²) in [6, 6.07) is 0. The summed E-state index contributed by atoms with van der Waals surface area (Å²) in [6.07, 6.45) is 6.57. The molecule has 0 spiro atoms. The molecule has 0 radical (unpaired) electrons. The molecule has 20 heavy (non-hydrogen) atoms. The van der Waals surface area contributed by atoms with Crippen molar-refractivity contribution in [2.45, 2.75) is 52.2 Å². The Kier molecular flexibility index (Phi) is 4.05. The van der Waals surface area contributed by atoms with Crippen LogP contribution in [0, 0.1) is 0 Å². The lowest BCUT2D eigenvalue weighted by molar-refractivity contribution is 0.493. The largest absolute Gasteiger partial charge is 0.313 e. The number of aryl methyl sites for hydroxylation is 1. The molecule has 3 heterocycles. The van der Waals surface area contributed by atoms with Crippen LogP contribution in [0.4, 0.5) is 0 Å². The predicted molar refractivity (Wildman–Crippen MR) is 74.1 cm³/mol. The third-order valence-corrected chi connectivity index (χ3v) is 3.56. The van der Waals surface area contributed by atoms with E-state index in [1.807, 2.05) is 10.9 Å². The number of nitrogens with zero attached hydrogens (tertiary/aromatic N) is 6. The predicted octanol–water partition coefficient (Wildman–Crippen LogP) is 0.754. The van der Waals surface area contributed by atoms with Gasteiger partial charge in [-0.25, -0.2) is 4.68 Å². The highest BCUT2D eigenvalue weighted by molar-refractivity contribution is 5.00. The molecular weight excluding hydrogens is 254 g/mol. The highest BCUT2D eigenvalue weighted by Gasteiger charge is 2.16. The van der Waals surface area contributed by atoms with E-state index < -0.39 is 0 Å². The van der Waals surface area contributed by atoms with Crippen LogP contribution in [-0.2, 0) is 26.1 Å². The molecular formula is C13H21N7. The van der Waals surface area contributed by atoms with Gasteiger partial charge in [-0.15, -0.1) is 15.3 Å². The Bertz CT molecular complexity index is 557. The van der Waals surface area contributed by atoms with Crippen LogP contribution >= 0.6 is 0 Å². The number of aromatic nitrogens is 6. The Morgan fingerprint density at radius 3 is 3.10 bits per heavy atom. The minimum atomic E-state index is 0.647. The van der Waals surface area contributed by atoms with E-state index in [0.717, 1.165) is 49.8 Å². The Morgan fingerprint density at radius 1 is 1.25 bits per heavy atom. The van der Waals surface area contributed by atoms with Gasteiger partial charge in [0, 0.05) is 19.5 Å². The lowest BCUT2D eigenvalue weighted by atomic mass is 10.2. The van der Waals surface area contributed by atoms with Crippen molar-refractivity contribution < 1.29 is 0 Å². The summed E-state index contributed by atoms with van der Waals surface area (Å²) in [5, 5.41) is 20.2. The van der Waals surface area contributed by atoms with Gasteiger partial charge < -0.3 is 9.88 Å². The van der Waals surface area contributed by atoms with Crippen molar-refractivity contribution in [2.75, 3.05) is 6.54 Å². The van der Waals surface area contributed by atoms with Crippen LogP contribution in [0.1, 0.15) is 43.5 Å². The summed E-state index contributed by atoms with van der Waals surface area (Å²) in [7, 11) is 0. The third-order valence-electron chi connectivity index (χ3n) is 3.56. The van der Waals surface area contributed by atoms with E-state index in [1.165, 1.54) is 12.8 Å². The van der Waals surface area contributed by atoms with Gasteiger partial charge in [0.1, 0.15) is 12.4 Å². The second-order valence-corrected chi connectivity index (χ2v) is 5.23. The van der Waals surface area contributed by atoms with Gasteiger partial charge in [-0.3, -0.25) is 0 Å². The second-order valence-electron chi connectivity index (χ2n) is 5.23. The molecule has 0 unspecified atom stereocenters. The van der Waals surface area contributed by atoms with Crippen LogP contribution < -0.4 is 5.32 Å². The maximum atomic E-state index is 4.29. The first kappa shape index (κ1) is 13.2. The summed E-state index contributed by atoms with van der Waals surface area (Å²) in [6.45, 7) is 5.60. The standard InChI is InChI=1S/C13H21N7/c1-2-6-14-8-11-9-19(18-15-11)10-13-17-16-12-5-3-4-7-20(12)13/h9,14H,2-8,10H2,1H3. The summed E-state index contributed by atoms with van der Waals surface area (Å²) in [4.78, 5) is 0. The smallest absolute Gasteiger partial charge is 0.154 e. The molecule has 1 aliphatic heterocycles. The molecule has 0 aliphatic carbocycles. The first-order chi connectivity index (χ1) is 9.86. The van der Waals surface area contributed by atoms with Crippen LogP contribution in [0.15, 0.2) is 6.20 Å². The molecule has 1 aliphatic rings. The SMILES string of the molecule is CCCNCc1cn(Cc2nnc3n2CCCC3)nn1. The van der Waals surface area contributed by atoms with Gasteiger partial charge >= 0.3 is 0 Å². The summed E-state index contributed by atoms with van der Waals surface area (Å²) < 4.78 is 4.06. The van der Waals surface area contributed by atoms with E-state index >= 15 is 0 Å². The average Bonchev–Trinajstić information content (AvgIpc) is 3.08. The number of rotatable bonds is 6. The lowest BCUT2D eigenvalue weighted by Gasteiger charge is -2.14. The Morgan fingerprint density at radius 2 is 2.20 bits per heavy atom. The summed E-state index contributed by atoms with van der Waals surface area (Å²) in [5.41, 5.74) is 0.969. The first-order valence-electron chi connectivity index (χ1n) is 7.37. The highest BCUT2D eigenvalue weighted by atomic mass is 15.4. The van der Waals surface area contributed by atoms with Crippen molar-refractivity contribution in [3.8, 4) is 0 Å². The molecule has 2 aromatic heterocycles. The Labute approximate surface area is 118 Å². The van der Waals surface area contributed by atoms with Crippen LogP contribution in [0.25, 0.3) is 0 Å². The quantitative estimate of drug-likeness (QED) is 0.788. The molecule has 7 nitrogen and oxygen atoms in total. The van der Waals surface area contributed by atoms with Crippen molar-refractivity contribution in [3.05, 3.63) is 23.5 Å². The minimum absolute atomic E-state index is 0.647. The molecule has 0 atom stereocenters. The van der Waals surface area contributed by atoms with Crippen molar-refractivity contribution in [1.82, 2.24) is 35.1 Å². The van der Waals surface area contributed by atoms with Crippen LogP contribution in [0.2, 0.25) is 0 Å². The van der Waals surface area contributed by atoms with E-state index in [4.69, 9.17) is 0 Å². The normalized spacial score (nSPS) is 14.4. The molecule has 0 saturated heterocycles. The average molecular weight is 275 g/mol. The van der Waals surface area contributed by atoms with E-state index in [0.29, 0.717) is 6.54 Å². The van der Waals surface area contributed by atoms with E-state index in [2.05, 4.69) is 37.3 Å². The van der Waals surface area contributed by atoms with Gasteiger partial charge in [-0.05, 0) is 25.8 Å². The van der Waals surface area contributed by atoms with Gasteiger partial charge in [0.25, 0.3) is 0 Å². The molecule has 7 heteroatoms. The molecule has 1 N–H and O–H groups in total. The van der Waals surface area contributed by atoms with Gasteiger partial charge in [0.15, 0.2) is 5.82 Å². The van der Waals surface area contributed by atoms with Gasteiger partial charge in [-0.1, -0.05) is 12.1 Å². The fourth-order valence-corrected chi connectivity index (χ4v) is 2.52. The van der Waals surface area contributed by atoms with Crippen LogP contribution in [0.3, 0.4) is 0 Å². The Hall–Kier alpha value is -1.76. The molecule has 2 aromatic rings. The zero-order chi connectivity index (χ0) is 13.8.